The van der Waals surface area contributed by atoms with Gasteiger partial charge in [0.1, 0.15) is 12.1 Å². The van der Waals surface area contributed by atoms with Gasteiger partial charge in [-0.1, -0.05) is 28.9 Å². The number of rotatable bonds is 3. The molecule has 1 aliphatic heterocycles. The number of hydrogen-bond donors (Lipinski definition) is 1. The van der Waals surface area contributed by atoms with Gasteiger partial charge in [0.2, 0.25) is 11.7 Å². The molecular weight excluding hydrogens is 400 g/mol. The summed E-state index contributed by atoms with van der Waals surface area (Å²) in [6.45, 7) is -0.0800. The fourth-order valence-electron chi connectivity index (χ4n) is 3.89. The number of carbonyl (C=O) groups excluding carboxylic acids is 2. The number of nitrogens with one attached hydrogen (secondary N) is 1. The Morgan fingerprint density at radius 3 is 3.00 bits per heavy atom. The molecule has 1 saturated heterocycles. The Morgan fingerprint density at radius 1 is 1.29 bits per heavy atom. The minimum atomic E-state index is -0.976. The van der Waals surface area contributed by atoms with Crippen LogP contribution in [0.3, 0.4) is 0 Å². The van der Waals surface area contributed by atoms with E-state index in [1.165, 1.54) is 0 Å². The van der Waals surface area contributed by atoms with Gasteiger partial charge in [-0.15, -0.1) is 11.3 Å². The van der Waals surface area contributed by atoms with Crippen LogP contribution in [0.15, 0.2) is 40.2 Å². The maximum absolute atomic E-state index is 13.2. The van der Waals surface area contributed by atoms with Gasteiger partial charge < -0.3 is 9.84 Å². The average molecular weight is 415 g/mol. The number of benzene rings is 1. The smallest absolute Gasteiger partial charge is 0.325 e. The number of hydrogen-bond acceptors (Lipinski definition) is 6. The van der Waals surface area contributed by atoms with E-state index in [4.69, 9.17) is 16.1 Å². The molecule has 142 valence electrons. The Bertz CT molecular complexity index is 1090. The van der Waals surface area contributed by atoms with E-state index in [0.29, 0.717) is 22.8 Å². The number of thiophene rings is 1. The molecule has 3 aromatic rings. The van der Waals surface area contributed by atoms with Crippen molar-refractivity contribution in [2.45, 2.75) is 31.3 Å². The van der Waals surface area contributed by atoms with Crippen molar-refractivity contribution in [1.82, 2.24) is 20.4 Å². The summed E-state index contributed by atoms with van der Waals surface area (Å²) in [7, 11) is 0. The summed E-state index contributed by atoms with van der Waals surface area (Å²) in [5, 5.41) is 9.31. The summed E-state index contributed by atoms with van der Waals surface area (Å²) < 4.78 is 5.27. The number of imide groups is 1. The summed E-state index contributed by atoms with van der Waals surface area (Å²) in [6.07, 6.45) is 2.37. The van der Waals surface area contributed by atoms with Crippen LogP contribution in [0.1, 0.15) is 29.2 Å². The highest BCUT2D eigenvalue weighted by Crippen LogP contribution is 2.42. The van der Waals surface area contributed by atoms with Crippen LogP contribution in [0.25, 0.3) is 11.4 Å². The lowest BCUT2D eigenvalue weighted by atomic mass is 9.80. The minimum absolute atomic E-state index is 0.0800. The van der Waals surface area contributed by atoms with Crippen molar-refractivity contribution in [3.8, 4) is 11.4 Å². The molecule has 1 atom stereocenters. The van der Waals surface area contributed by atoms with Gasteiger partial charge in [0.25, 0.3) is 5.91 Å². The molecule has 2 aromatic heterocycles. The first-order valence-corrected chi connectivity index (χ1v) is 10.1. The van der Waals surface area contributed by atoms with E-state index >= 15 is 0 Å². The zero-order valence-electron chi connectivity index (χ0n) is 14.6. The summed E-state index contributed by atoms with van der Waals surface area (Å²) in [5.41, 5.74) is 0.561. The molecule has 0 radical (unpaired) electrons. The Balaban J connectivity index is 1.43. The molecule has 0 saturated carbocycles. The molecule has 3 amide bonds. The predicted octanol–water partition coefficient (Wildman–Crippen LogP) is 3.74. The molecule has 9 heteroatoms. The van der Waals surface area contributed by atoms with Crippen molar-refractivity contribution in [2.24, 2.45) is 0 Å². The van der Waals surface area contributed by atoms with E-state index in [1.807, 2.05) is 23.6 Å². The molecule has 28 heavy (non-hydrogen) atoms. The Kier molecular flexibility index (Phi) is 3.99. The molecule has 1 aliphatic carbocycles. The number of halogens is 1. The topological polar surface area (TPSA) is 88.3 Å². The lowest BCUT2D eigenvalue weighted by molar-refractivity contribution is -0.132. The van der Waals surface area contributed by atoms with Crippen LogP contribution in [0.5, 0.6) is 0 Å². The van der Waals surface area contributed by atoms with Crippen molar-refractivity contribution in [1.29, 1.82) is 0 Å². The summed E-state index contributed by atoms with van der Waals surface area (Å²) in [4.78, 5) is 32.4. The lowest BCUT2D eigenvalue weighted by Crippen LogP contribution is -2.46. The molecule has 1 spiro atoms. The van der Waals surface area contributed by atoms with Gasteiger partial charge in [-0.2, -0.15) is 4.98 Å². The van der Waals surface area contributed by atoms with E-state index in [0.717, 1.165) is 28.2 Å². The third-order valence-electron chi connectivity index (χ3n) is 5.21. The Labute approximate surface area is 169 Å². The Morgan fingerprint density at radius 2 is 2.14 bits per heavy atom. The predicted molar refractivity (Wildman–Crippen MR) is 103 cm³/mol. The first-order valence-electron chi connectivity index (χ1n) is 8.87. The number of aryl methyl sites for hydroxylation is 1. The first-order chi connectivity index (χ1) is 13.6. The fourth-order valence-corrected chi connectivity index (χ4v) is 5.11. The summed E-state index contributed by atoms with van der Waals surface area (Å²) in [5.74, 6) is 0.228. The standard InChI is InChI=1S/C19H15ClN4O3S/c20-13-5-2-1-4-11(13)16-21-15(27-23-16)10-24-17(25)19(22-18(24)26)8-3-6-14-12(19)7-9-28-14/h1-2,4-5,7,9H,3,6,8,10H2,(H,22,26)/t19-/m0/s1. The van der Waals surface area contributed by atoms with E-state index in [9.17, 15) is 9.59 Å². The number of carbonyl (C=O) groups is 2. The molecule has 1 fully saturated rings. The summed E-state index contributed by atoms with van der Waals surface area (Å²) in [6, 6.07) is 8.63. The normalized spacial score (nSPS) is 21.2. The molecule has 1 aromatic carbocycles. The maximum atomic E-state index is 13.2. The number of nitrogens with zero attached hydrogens (tertiary/aromatic N) is 3. The molecule has 2 aliphatic rings. The van der Waals surface area contributed by atoms with Crippen molar-refractivity contribution >= 4 is 34.9 Å². The number of amides is 3. The van der Waals surface area contributed by atoms with Crippen molar-refractivity contribution in [3.05, 3.63) is 57.1 Å². The van der Waals surface area contributed by atoms with Gasteiger partial charge in [0, 0.05) is 16.0 Å². The molecule has 3 heterocycles. The highest BCUT2D eigenvalue weighted by atomic mass is 35.5. The monoisotopic (exact) mass is 414 g/mol. The molecular formula is C19H15ClN4O3S. The fraction of sp³-hybridized carbons (Fsp3) is 0.263. The van der Waals surface area contributed by atoms with Crippen LogP contribution in [-0.2, 0) is 23.3 Å². The van der Waals surface area contributed by atoms with E-state index in [2.05, 4.69) is 15.5 Å². The number of aromatic nitrogens is 2. The zero-order chi connectivity index (χ0) is 19.3. The van der Waals surface area contributed by atoms with Gasteiger partial charge in [-0.05, 0) is 42.8 Å². The van der Waals surface area contributed by atoms with Gasteiger partial charge in [-0.25, -0.2) is 4.79 Å². The highest BCUT2D eigenvalue weighted by Gasteiger charge is 2.54. The Hall–Kier alpha value is -2.71. The van der Waals surface area contributed by atoms with Crippen LogP contribution >= 0.6 is 22.9 Å². The maximum Gasteiger partial charge on any atom is 0.325 e. The molecule has 5 rings (SSSR count). The molecule has 1 N–H and O–H groups in total. The van der Waals surface area contributed by atoms with Crippen LogP contribution in [0.2, 0.25) is 5.02 Å². The third kappa shape index (κ3) is 2.56. The minimum Gasteiger partial charge on any atom is -0.337 e. The lowest BCUT2D eigenvalue weighted by Gasteiger charge is -2.31. The highest BCUT2D eigenvalue weighted by molar-refractivity contribution is 7.10. The quantitative estimate of drug-likeness (QED) is 0.659. The molecule has 0 unspecified atom stereocenters. The van der Waals surface area contributed by atoms with Crippen LogP contribution in [-0.4, -0.2) is 27.0 Å². The third-order valence-corrected chi connectivity index (χ3v) is 6.52. The molecule has 0 bridgehead atoms. The van der Waals surface area contributed by atoms with Crippen LogP contribution < -0.4 is 5.32 Å². The van der Waals surface area contributed by atoms with Crippen molar-refractivity contribution in [2.75, 3.05) is 0 Å². The second-order valence-corrected chi connectivity index (χ2v) is 8.24. The van der Waals surface area contributed by atoms with E-state index < -0.39 is 11.6 Å². The number of urea groups is 1. The largest absolute Gasteiger partial charge is 0.337 e. The van der Waals surface area contributed by atoms with E-state index in [1.54, 1.807) is 23.5 Å². The van der Waals surface area contributed by atoms with Gasteiger partial charge in [0.15, 0.2) is 0 Å². The first kappa shape index (κ1) is 17.4. The molecule has 7 nitrogen and oxygen atoms in total. The van der Waals surface area contributed by atoms with E-state index in [-0.39, 0.29) is 18.3 Å². The number of fused-ring (bicyclic) bond motifs is 2. The SMILES string of the molecule is O=C1N[C@]2(CCCc3sccc32)C(=O)N1Cc1nc(-c2ccccc2Cl)no1. The second-order valence-electron chi connectivity index (χ2n) is 6.83. The van der Waals surface area contributed by atoms with Crippen molar-refractivity contribution in [3.63, 3.8) is 0 Å². The van der Waals surface area contributed by atoms with Gasteiger partial charge >= 0.3 is 6.03 Å². The van der Waals surface area contributed by atoms with Crippen LogP contribution in [0.4, 0.5) is 4.79 Å². The summed E-state index contributed by atoms with van der Waals surface area (Å²) >= 11 is 7.79. The average Bonchev–Trinajstić information content (AvgIpc) is 3.40. The van der Waals surface area contributed by atoms with Gasteiger partial charge in [-0.3, -0.25) is 9.69 Å². The van der Waals surface area contributed by atoms with Crippen LogP contribution in [0, 0.1) is 0 Å². The van der Waals surface area contributed by atoms with Gasteiger partial charge in [0.05, 0.1) is 5.02 Å². The zero-order valence-corrected chi connectivity index (χ0v) is 16.2. The second kappa shape index (κ2) is 6.42. The van der Waals surface area contributed by atoms with Crippen molar-refractivity contribution < 1.29 is 14.1 Å².